The number of aliphatic carboxylic acids is 1. The largest absolute Gasteiger partial charge is 0.481 e. The van der Waals surface area contributed by atoms with Crippen molar-refractivity contribution in [3.63, 3.8) is 0 Å². The van der Waals surface area contributed by atoms with Gasteiger partial charge in [0.1, 0.15) is 6.42 Å². The van der Waals surface area contributed by atoms with E-state index in [0.717, 1.165) is 12.0 Å². The van der Waals surface area contributed by atoms with Crippen LogP contribution in [0.1, 0.15) is 24.8 Å². The fourth-order valence-electron chi connectivity index (χ4n) is 1.49. The summed E-state index contributed by atoms with van der Waals surface area (Å²) < 4.78 is 9.08. The topological polar surface area (TPSA) is 89.9 Å². The molecule has 0 bridgehead atoms. The monoisotopic (exact) mass is 280 g/mol. The number of ether oxygens (including phenoxy) is 2. The molecule has 0 saturated carbocycles. The third-order valence-electron chi connectivity index (χ3n) is 2.42. The highest BCUT2D eigenvalue weighted by atomic mass is 16.7. The normalized spacial score (nSPS) is 9.80. The van der Waals surface area contributed by atoms with E-state index < -0.39 is 31.1 Å². The van der Waals surface area contributed by atoms with Gasteiger partial charge in [-0.3, -0.25) is 14.4 Å². The molecule has 0 aliphatic rings. The molecule has 0 unspecified atom stereocenters. The molecule has 20 heavy (non-hydrogen) atoms. The maximum Gasteiger partial charge on any atom is 0.320 e. The predicted molar refractivity (Wildman–Crippen MR) is 68.7 cm³/mol. The summed E-state index contributed by atoms with van der Waals surface area (Å²) in [7, 11) is 0. The molecular formula is C14H16O6. The molecular weight excluding hydrogens is 264 g/mol. The van der Waals surface area contributed by atoms with Crippen LogP contribution >= 0.6 is 0 Å². The average Bonchev–Trinajstić information content (AvgIpc) is 2.39. The lowest BCUT2D eigenvalue weighted by Crippen LogP contribution is -2.15. The zero-order valence-corrected chi connectivity index (χ0v) is 10.9. The minimum atomic E-state index is -1.29. The van der Waals surface area contributed by atoms with Gasteiger partial charge in [0.05, 0.1) is 0 Å². The first-order chi connectivity index (χ1) is 9.58. The molecule has 0 radical (unpaired) electrons. The molecule has 1 aromatic carbocycles. The van der Waals surface area contributed by atoms with Gasteiger partial charge < -0.3 is 14.6 Å². The molecule has 0 spiro atoms. The lowest BCUT2D eigenvalue weighted by molar-refractivity contribution is -0.168. The van der Waals surface area contributed by atoms with Crippen LogP contribution in [0, 0.1) is 0 Å². The van der Waals surface area contributed by atoms with Gasteiger partial charge >= 0.3 is 17.9 Å². The zero-order chi connectivity index (χ0) is 14.8. The summed E-state index contributed by atoms with van der Waals surface area (Å²) in [6, 6.07) is 9.71. The molecule has 0 aromatic heterocycles. The number of rotatable bonds is 8. The second kappa shape index (κ2) is 8.68. The summed E-state index contributed by atoms with van der Waals surface area (Å²) in [5.74, 6) is -2.71. The number of carbonyl (C=O) groups is 3. The smallest absolute Gasteiger partial charge is 0.320 e. The second-order valence-electron chi connectivity index (χ2n) is 4.06. The number of esters is 2. The van der Waals surface area contributed by atoms with Gasteiger partial charge in [0.15, 0.2) is 0 Å². The maximum absolute atomic E-state index is 11.3. The van der Waals surface area contributed by atoms with E-state index in [0.29, 0.717) is 6.42 Å². The molecule has 6 heteroatoms. The van der Waals surface area contributed by atoms with Crippen molar-refractivity contribution in [1.82, 2.24) is 0 Å². The van der Waals surface area contributed by atoms with E-state index in [-0.39, 0.29) is 6.42 Å². The Balaban J connectivity index is 2.09. The molecule has 0 aliphatic carbocycles. The van der Waals surface area contributed by atoms with E-state index in [1.165, 1.54) is 0 Å². The van der Waals surface area contributed by atoms with Crippen molar-refractivity contribution in [2.45, 2.75) is 25.7 Å². The third kappa shape index (κ3) is 7.15. The van der Waals surface area contributed by atoms with Crippen LogP contribution in [-0.4, -0.2) is 29.8 Å². The van der Waals surface area contributed by atoms with Gasteiger partial charge in [-0.15, -0.1) is 0 Å². The van der Waals surface area contributed by atoms with E-state index in [1.54, 1.807) is 0 Å². The maximum atomic E-state index is 11.3. The van der Waals surface area contributed by atoms with Crippen LogP contribution in [0.3, 0.4) is 0 Å². The Hall–Kier alpha value is -2.37. The molecule has 1 aromatic rings. The van der Waals surface area contributed by atoms with Crippen LogP contribution in [0.25, 0.3) is 0 Å². The first-order valence-corrected chi connectivity index (χ1v) is 6.15. The first-order valence-electron chi connectivity index (χ1n) is 6.15. The first kappa shape index (κ1) is 15.7. The van der Waals surface area contributed by atoms with Crippen molar-refractivity contribution < 1.29 is 29.0 Å². The third-order valence-corrected chi connectivity index (χ3v) is 2.42. The molecule has 0 saturated heterocycles. The molecule has 0 heterocycles. The van der Waals surface area contributed by atoms with Gasteiger partial charge in [-0.2, -0.15) is 0 Å². The van der Waals surface area contributed by atoms with Crippen LogP contribution in [-0.2, 0) is 30.3 Å². The number of hydrogen-bond acceptors (Lipinski definition) is 5. The van der Waals surface area contributed by atoms with Crippen molar-refractivity contribution in [2.24, 2.45) is 0 Å². The number of aryl methyl sites for hydroxylation is 1. The summed E-state index contributed by atoms with van der Waals surface area (Å²) in [6.07, 6.45) is 0.859. The van der Waals surface area contributed by atoms with E-state index in [4.69, 9.17) is 5.11 Å². The Morgan fingerprint density at radius 3 is 2.30 bits per heavy atom. The van der Waals surface area contributed by atoms with Gasteiger partial charge in [-0.1, -0.05) is 30.3 Å². The van der Waals surface area contributed by atoms with Crippen LogP contribution in [0.15, 0.2) is 30.3 Å². The summed E-state index contributed by atoms with van der Waals surface area (Å²) in [5.41, 5.74) is 1.13. The molecule has 0 atom stereocenters. The Morgan fingerprint density at radius 1 is 1.00 bits per heavy atom. The number of carboxylic acid groups (broad SMARTS) is 1. The quantitative estimate of drug-likeness (QED) is 0.441. The van der Waals surface area contributed by atoms with Crippen molar-refractivity contribution in [3.8, 4) is 0 Å². The van der Waals surface area contributed by atoms with Crippen molar-refractivity contribution in [3.05, 3.63) is 35.9 Å². The van der Waals surface area contributed by atoms with Gasteiger partial charge in [-0.25, -0.2) is 0 Å². The molecule has 0 amide bonds. The number of benzene rings is 1. The summed E-state index contributed by atoms with van der Waals surface area (Å²) in [6.45, 7) is -0.545. The fraction of sp³-hybridized carbons (Fsp3) is 0.357. The van der Waals surface area contributed by atoms with Crippen molar-refractivity contribution in [1.29, 1.82) is 0 Å². The fourth-order valence-corrected chi connectivity index (χ4v) is 1.49. The summed E-state index contributed by atoms with van der Waals surface area (Å²) in [5, 5.41) is 8.31. The van der Waals surface area contributed by atoms with Crippen molar-refractivity contribution in [2.75, 3.05) is 6.79 Å². The lowest BCUT2D eigenvalue weighted by Gasteiger charge is -2.05. The molecule has 6 nitrogen and oxygen atoms in total. The highest BCUT2D eigenvalue weighted by molar-refractivity contribution is 5.90. The van der Waals surface area contributed by atoms with Gasteiger partial charge in [0, 0.05) is 6.42 Å². The van der Waals surface area contributed by atoms with E-state index in [1.807, 2.05) is 30.3 Å². The molecule has 0 aliphatic heterocycles. The minimum absolute atomic E-state index is 0.214. The number of carboxylic acids is 1. The standard InChI is InChI=1S/C14H16O6/c15-12(16)9-14(18)20-10-19-13(17)8-4-7-11-5-2-1-3-6-11/h1-3,5-6H,4,7-10H2,(H,15,16). The number of hydrogen-bond donors (Lipinski definition) is 1. The molecule has 1 N–H and O–H groups in total. The van der Waals surface area contributed by atoms with Gasteiger partial charge in [-0.05, 0) is 18.4 Å². The summed E-state index contributed by atoms with van der Waals surface area (Å²) in [4.78, 5) is 32.3. The van der Waals surface area contributed by atoms with Crippen LogP contribution in [0.4, 0.5) is 0 Å². The molecule has 0 fully saturated rings. The van der Waals surface area contributed by atoms with Crippen LogP contribution in [0.2, 0.25) is 0 Å². The van der Waals surface area contributed by atoms with Crippen LogP contribution < -0.4 is 0 Å². The lowest BCUT2D eigenvalue weighted by atomic mass is 10.1. The van der Waals surface area contributed by atoms with Gasteiger partial charge in [0.2, 0.25) is 6.79 Å². The minimum Gasteiger partial charge on any atom is -0.481 e. The molecule has 108 valence electrons. The highest BCUT2D eigenvalue weighted by Crippen LogP contribution is 2.05. The average molecular weight is 280 g/mol. The van der Waals surface area contributed by atoms with Gasteiger partial charge in [0.25, 0.3) is 0 Å². The molecule has 1 rings (SSSR count). The summed E-state index contributed by atoms with van der Waals surface area (Å²) >= 11 is 0. The van der Waals surface area contributed by atoms with E-state index in [2.05, 4.69) is 9.47 Å². The Bertz CT molecular complexity index is 454. The number of carbonyl (C=O) groups excluding carboxylic acids is 2. The zero-order valence-electron chi connectivity index (χ0n) is 10.9. The Labute approximate surface area is 116 Å². The van der Waals surface area contributed by atoms with E-state index >= 15 is 0 Å². The second-order valence-corrected chi connectivity index (χ2v) is 4.06. The van der Waals surface area contributed by atoms with Crippen LogP contribution in [0.5, 0.6) is 0 Å². The Kier molecular flexibility index (Phi) is 6.81. The Morgan fingerprint density at radius 2 is 1.65 bits per heavy atom. The highest BCUT2D eigenvalue weighted by Gasteiger charge is 2.10. The predicted octanol–water partition coefficient (Wildman–Crippen LogP) is 1.53. The van der Waals surface area contributed by atoms with Crippen molar-refractivity contribution >= 4 is 17.9 Å². The SMILES string of the molecule is O=C(O)CC(=O)OCOC(=O)CCCc1ccccc1. The van der Waals surface area contributed by atoms with E-state index in [9.17, 15) is 14.4 Å².